The largest absolute Gasteiger partial charge is 0.0642 e. The second-order valence-corrected chi connectivity index (χ2v) is 16.1. The second-order valence-electron chi connectivity index (χ2n) is 16.1. The summed E-state index contributed by atoms with van der Waals surface area (Å²) in [4.78, 5) is 0. The Bertz CT molecular complexity index is 754. The molecule has 0 aromatic rings. The molecule has 2 aliphatic carbocycles. The van der Waals surface area contributed by atoms with E-state index in [2.05, 4.69) is 107 Å². The molecule has 2 atom stereocenters. The molecule has 0 bridgehead atoms. The van der Waals surface area contributed by atoms with Crippen molar-refractivity contribution >= 4 is 0 Å². The van der Waals surface area contributed by atoms with E-state index in [1.165, 1.54) is 64.2 Å². The van der Waals surface area contributed by atoms with Crippen LogP contribution in [0.25, 0.3) is 0 Å². The van der Waals surface area contributed by atoms with Crippen molar-refractivity contribution in [3.05, 3.63) is 46.6 Å². The van der Waals surface area contributed by atoms with Crippen molar-refractivity contribution in [2.45, 2.75) is 147 Å². The van der Waals surface area contributed by atoms with Gasteiger partial charge in [-0.3, -0.25) is 0 Å². The van der Waals surface area contributed by atoms with Gasteiger partial charge >= 0.3 is 0 Å². The first kappa shape index (κ1) is 31.2. The topological polar surface area (TPSA) is 0 Å². The number of unbranched alkanes of at least 4 members (excludes halogenated alkanes) is 5. The van der Waals surface area contributed by atoms with Crippen LogP contribution in [-0.4, -0.2) is 0 Å². The first-order chi connectivity index (χ1) is 16.4. The van der Waals surface area contributed by atoms with Gasteiger partial charge in [0.15, 0.2) is 0 Å². The molecule has 2 unspecified atom stereocenters. The molecule has 0 N–H and O–H groups in total. The molecule has 0 spiro atoms. The van der Waals surface area contributed by atoms with Gasteiger partial charge in [-0.05, 0) is 59.2 Å². The highest BCUT2D eigenvalue weighted by atomic mass is 14.4. The summed E-state index contributed by atoms with van der Waals surface area (Å²) in [6.45, 7) is 28.6. The molecular weight excluding hydrogens is 432 g/mol. The van der Waals surface area contributed by atoms with E-state index in [1.54, 1.807) is 22.3 Å². The molecule has 2 rings (SSSR count). The predicted molar refractivity (Wildman–Crippen MR) is 163 cm³/mol. The van der Waals surface area contributed by atoms with Crippen LogP contribution in [0.5, 0.6) is 0 Å². The van der Waals surface area contributed by atoms with E-state index in [0.29, 0.717) is 10.8 Å². The van der Waals surface area contributed by atoms with Crippen molar-refractivity contribution in [3.63, 3.8) is 0 Å². The summed E-state index contributed by atoms with van der Waals surface area (Å²) in [6, 6.07) is 0. The van der Waals surface area contributed by atoms with Crippen LogP contribution in [0.1, 0.15) is 147 Å². The average Bonchev–Trinajstić information content (AvgIpc) is 2.72. The number of hydrogen-bond donors (Lipinski definition) is 0. The van der Waals surface area contributed by atoms with Crippen molar-refractivity contribution in [1.29, 1.82) is 0 Å². The molecule has 206 valence electrons. The minimum absolute atomic E-state index is 0.284. The summed E-state index contributed by atoms with van der Waals surface area (Å²) in [5, 5.41) is 0. The minimum atomic E-state index is 0.284. The van der Waals surface area contributed by atoms with Gasteiger partial charge in [-0.15, -0.1) is 0 Å². The van der Waals surface area contributed by atoms with Gasteiger partial charge < -0.3 is 0 Å². The Kier molecular flexibility index (Phi) is 10.6. The fourth-order valence-corrected chi connectivity index (χ4v) is 6.38. The van der Waals surface area contributed by atoms with Gasteiger partial charge in [0.25, 0.3) is 0 Å². The smallest absolute Gasteiger partial charge is 0.0157 e. The monoisotopic (exact) mass is 494 g/mol. The van der Waals surface area contributed by atoms with E-state index in [1.807, 2.05) is 0 Å². The highest BCUT2D eigenvalue weighted by Crippen LogP contribution is 2.45. The molecule has 0 heteroatoms. The third-order valence-corrected chi connectivity index (χ3v) is 8.75. The molecule has 2 aliphatic rings. The first-order valence-electron chi connectivity index (χ1n) is 15.2. The SMILES string of the molecule is CC(C)(C)C1=CC=C(C(C)(C)C)C(CCCCCCCCC2CC(C(C)(C)C)=CC=C2C(C)(C)C)C1. The summed E-state index contributed by atoms with van der Waals surface area (Å²) in [6.07, 6.45) is 23.4. The Balaban J connectivity index is 1.76. The zero-order valence-corrected chi connectivity index (χ0v) is 26.5. The molecule has 0 saturated carbocycles. The summed E-state index contributed by atoms with van der Waals surface area (Å²) < 4.78 is 0. The van der Waals surface area contributed by atoms with Crippen molar-refractivity contribution in [3.8, 4) is 0 Å². The highest BCUT2D eigenvalue weighted by molar-refractivity contribution is 5.33. The van der Waals surface area contributed by atoms with E-state index in [4.69, 9.17) is 0 Å². The van der Waals surface area contributed by atoms with Crippen molar-refractivity contribution < 1.29 is 0 Å². The normalized spacial score (nSPS) is 22.1. The second kappa shape index (κ2) is 12.2. The van der Waals surface area contributed by atoms with Crippen LogP contribution >= 0.6 is 0 Å². The van der Waals surface area contributed by atoms with E-state index >= 15 is 0 Å². The van der Waals surface area contributed by atoms with Gasteiger partial charge in [-0.2, -0.15) is 0 Å². The molecule has 0 radical (unpaired) electrons. The molecule has 0 fully saturated rings. The van der Waals surface area contributed by atoms with E-state index in [9.17, 15) is 0 Å². The van der Waals surface area contributed by atoms with Crippen LogP contribution in [0.15, 0.2) is 46.6 Å². The van der Waals surface area contributed by atoms with Crippen molar-refractivity contribution in [2.24, 2.45) is 33.5 Å². The lowest BCUT2D eigenvalue weighted by Crippen LogP contribution is -2.24. The maximum absolute atomic E-state index is 2.47. The van der Waals surface area contributed by atoms with E-state index in [-0.39, 0.29) is 10.8 Å². The van der Waals surface area contributed by atoms with Gasteiger partial charge in [0.2, 0.25) is 0 Å². The maximum atomic E-state index is 2.47. The summed E-state index contributed by atoms with van der Waals surface area (Å²) in [7, 11) is 0. The lowest BCUT2D eigenvalue weighted by Gasteiger charge is -2.37. The fourth-order valence-electron chi connectivity index (χ4n) is 6.38. The Labute approximate surface area is 227 Å². The minimum Gasteiger partial charge on any atom is -0.0642 e. The third kappa shape index (κ3) is 9.36. The molecule has 0 amide bonds. The summed E-state index contributed by atoms with van der Waals surface area (Å²) >= 11 is 0. The molecule has 36 heavy (non-hydrogen) atoms. The van der Waals surface area contributed by atoms with Gasteiger partial charge in [0.1, 0.15) is 0 Å². The van der Waals surface area contributed by atoms with Gasteiger partial charge in [-0.1, -0.05) is 168 Å². The van der Waals surface area contributed by atoms with Crippen molar-refractivity contribution in [2.75, 3.05) is 0 Å². The van der Waals surface area contributed by atoms with E-state index in [0.717, 1.165) is 11.8 Å². The maximum Gasteiger partial charge on any atom is -0.0157 e. The fraction of sp³-hybridized carbons (Fsp3) is 0.778. The average molecular weight is 495 g/mol. The standard InChI is InChI=1S/C36H62/c1-33(2,3)29-21-23-31(35(7,8)9)27(25-29)19-17-15-13-14-16-18-20-28-26-30(34(4,5)6)22-24-32(28)36(10,11)12/h21-24,27-28H,13-20,25-26H2,1-12H3. The number of allylic oxidation sites excluding steroid dienone is 8. The molecular formula is C36H62. The molecule has 0 aromatic heterocycles. The van der Waals surface area contributed by atoms with Crippen LogP contribution in [0.2, 0.25) is 0 Å². The van der Waals surface area contributed by atoms with Crippen molar-refractivity contribution in [1.82, 2.24) is 0 Å². The summed E-state index contributed by atoms with van der Waals surface area (Å²) in [5.74, 6) is 1.48. The Morgan fingerprint density at radius 3 is 1.03 bits per heavy atom. The molecule has 0 heterocycles. The lowest BCUT2D eigenvalue weighted by molar-refractivity contribution is 0.357. The predicted octanol–water partition coefficient (Wildman–Crippen LogP) is 12.0. The zero-order valence-electron chi connectivity index (χ0n) is 26.5. The van der Waals surface area contributed by atoms with E-state index < -0.39 is 0 Å². The Hall–Kier alpha value is -1.04. The van der Waals surface area contributed by atoms with Crippen LogP contribution in [0, 0.1) is 33.5 Å². The van der Waals surface area contributed by atoms with Crippen LogP contribution in [0.4, 0.5) is 0 Å². The van der Waals surface area contributed by atoms with Gasteiger partial charge in [0, 0.05) is 0 Å². The molecule has 0 saturated heterocycles. The zero-order chi connectivity index (χ0) is 27.4. The molecule has 0 nitrogen and oxygen atoms in total. The molecule has 0 aromatic carbocycles. The van der Waals surface area contributed by atoms with Crippen LogP contribution in [0.3, 0.4) is 0 Å². The molecule has 0 aliphatic heterocycles. The first-order valence-corrected chi connectivity index (χ1v) is 15.2. The summed E-state index contributed by atoms with van der Waals surface area (Å²) in [5.41, 5.74) is 7.78. The van der Waals surface area contributed by atoms with Gasteiger partial charge in [-0.25, -0.2) is 0 Å². The highest BCUT2D eigenvalue weighted by Gasteiger charge is 2.32. The Morgan fingerprint density at radius 1 is 0.444 bits per heavy atom. The third-order valence-electron chi connectivity index (χ3n) is 8.75. The quantitative estimate of drug-likeness (QED) is 0.279. The van der Waals surface area contributed by atoms with Crippen LogP contribution < -0.4 is 0 Å². The van der Waals surface area contributed by atoms with Crippen LogP contribution in [-0.2, 0) is 0 Å². The van der Waals surface area contributed by atoms with Gasteiger partial charge in [0.05, 0.1) is 0 Å². The number of hydrogen-bond acceptors (Lipinski definition) is 0. The lowest BCUT2D eigenvalue weighted by atomic mass is 9.68. The number of rotatable bonds is 9. The Morgan fingerprint density at radius 2 is 0.750 bits per heavy atom.